The van der Waals surface area contributed by atoms with Gasteiger partial charge < -0.3 is 5.32 Å². The summed E-state index contributed by atoms with van der Waals surface area (Å²) >= 11 is 11.8. The molecule has 2 nitrogen and oxygen atoms in total. The van der Waals surface area contributed by atoms with Crippen LogP contribution in [0.4, 0.5) is 0 Å². The summed E-state index contributed by atoms with van der Waals surface area (Å²) < 4.78 is 0. The minimum absolute atomic E-state index is 0.242. The smallest absolute Gasteiger partial charge is 0.207 e. The van der Waals surface area contributed by atoms with E-state index in [1.807, 2.05) is 12.1 Å². The van der Waals surface area contributed by atoms with Crippen LogP contribution >= 0.6 is 23.2 Å². The molecule has 0 saturated heterocycles. The molecule has 2 atom stereocenters. The van der Waals surface area contributed by atoms with Crippen LogP contribution in [0.15, 0.2) is 18.2 Å². The zero-order valence-electron chi connectivity index (χ0n) is 7.34. The lowest BCUT2D eigenvalue weighted by Gasteiger charge is -2.03. The fourth-order valence-electron chi connectivity index (χ4n) is 1.61. The molecule has 0 bridgehead atoms. The zero-order valence-corrected chi connectivity index (χ0v) is 8.85. The monoisotopic (exact) mass is 229 g/mol. The molecule has 1 aromatic rings. The highest BCUT2D eigenvalue weighted by Crippen LogP contribution is 2.43. The number of halogens is 2. The first kappa shape index (κ1) is 9.81. The molecule has 0 aromatic heterocycles. The third-order valence-corrected chi connectivity index (χ3v) is 3.00. The summed E-state index contributed by atoms with van der Waals surface area (Å²) in [6.07, 6.45) is 1.69. The SMILES string of the molecule is O=CNC1CC1c1ccc(Cl)cc1Cl. The summed E-state index contributed by atoms with van der Waals surface area (Å²) in [7, 11) is 0. The van der Waals surface area contributed by atoms with Crippen molar-refractivity contribution in [3.8, 4) is 0 Å². The predicted molar refractivity (Wildman–Crippen MR) is 56.8 cm³/mol. The predicted octanol–water partition coefficient (Wildman–Crippen LogP) is 2.60. The fraction of sp³-hybridized carbons (Fsp3) is 0.300. The van der Waals surface area contributed by atoms with E-state index in [1.165, 1.54) is 0 Å². The van der Waals surface area contributed by atoms with Gasteiger partial charge in [0.1, 0.15) is 0 Å². The standard InChI is InChI=1S/C10H9Cl2NO/c11-6-1-2-7(9(12)3-6)8-4-10(8)13-5-14/h1-3,5,8,10H,4H2,(H,13,14). The molecule has 1 N–H and O–H groups in total. The van der Waals surface area contributed by atoms with E-state index in [4.69, 9.17) is 23.2 Å². The van der Waals surface area contributed by atoms with Gasteiger partial charge in [0.2, 0.25) is 6.41 Å². The van der Waals surface area contributed by atoms with Gasteiger partial charge in [-0.1, -0.05) is 29.3 Å². The van der Waals surface area contributed by atoms with Crippen molar-refractivity contribution in [1.29, 1.82) is 0 Å². The number of rotatable bonds is 3. The number of benzene rings is 1. The van der Waals surface area contributed by atoms with Crippen molar-refractivity contribution in [1.82, 2.24) is 5.32 Å². The van der Waals surface area contributed by atoms with E-state index in [0.29, 0.717) is 16.0 Å². The molecule has 0 spiro atoms. The minimum Gasteiger partial charge on any atom is -0.355 e. The Balaban J connectivity index is 2.15. The van der Waals surface area contributed by atoms with Crippen LogP contribution in [0.25, 0.3) is 0 Å². The van der Waals surface area contributed by atoms with E-state index in [-0.39, 0.29) is 6.04 Å². The van der Waals surface area contributed by atoms with Gasteiger partial charge >= 0.3 is 0 Å². The Morgan fingerprint density at radius 3 is 2.86 bits per heavy atom. The van der Waals surface area contributed by atoms with Crippen LogP contribution in [-0.4, -0.2) is 12.5 Å². The lowest BCUT2D eigenvalue weighted by atomic mass is 10.1. The molecule has 1 saturated carbocycles. The van der Waals surface area contributed by atoms with Gasteiger partial charge in [0.05, 0.1) is 0 Å². The van der Waals surface area contributed by atoms with Gasteiger partial charge in [0.15, 0.2) is 0 Å². The summed E-state index contributed by atoms with van der Waals surface area (Å²) in [6.45, 7) is 0. The van der Waals surface area contributed by atoms with Crippen molar-refractivity contribution in [3.63, 3.8) is 0 Å². The number of amides is 1. The third kappa shape index (κ3) is 1.86. The molecule has 2 unspecified atom stereocenters. The van der Waals surface area contributed by atoms with Crippen molar-refractivity contribution < 1.29 is 4.79 Å². The van der Waals surface area contributed by atoms with Crippen LogP contribution in [0.5, 0.6) is 0 Å². The quantitative estimate of drug-likeness (QED) is 0.794. The first-order valence-corrected chi connectivity index (χ1v) is 5.12. The Morgan fingerprint density at radius 1 is 1.43 bits per heavy atom. The molecule has 0 heterocycles. The van der Waals surface area contributed by atoms with Crippen LogP contribution in [0.3, 0.4) is 0 Å². The molecule has 2 rings (SSSR count). The van der Waals surface area contributed by atoms with E-state index >= 15 is 0 Å². The molecule has 74 valence electrons. The second-order valence-electron chi connectivity index (χ2n) is 3.40. The van der Waals surface area contributed by atoms with Gasteiger partial charge in [0.25, 0.3) is 0 Å². The van der Waals surface area contributed by atoms with Gasteiger partial charge in [-0.15, -0.1) is 0 Å². The topological polar surface area (TPSA) is 29.1 Å². The van der Waals surface area contributed by atoms with E-state index in [9.17, 15) is 4.79 Å². The summed E-state index contributed by atoms with van der Waals surface area (Å²) in [5.74, 6) is 0.352. The maximum Gasteiger partial charge on any atom is 0.207 e. The molecule has 0 aliphatic heterocycles. The molecule has 0 radical (unpaired) electrons. The maximum atomic E-state index is 10.2. The third-order valence-electron chi connectivity index (χ3n) is 2.43. The van der Waals surface area contributed by atoms with Gasteiger partial charge in [-0.05, 0) is 24.1 Å². The fourth-order valence-corrected chi connectivity index (χ4v) is 2.16. The molecular weight excluding hydrogens is 221 g/mol. The van der Waals surface area contributed by atoms with Crippen molar-refractivity contribution >= 4 is 29.6 Å². The highest BCUT2D eigenvalue weighted by molar-refractivity contribution is 6.35. The van der Waals surface area contributed by atoms with E-state index < -0.39 is 0 Å². The second kappa shape index (κ2) is 3.79. The lowest BCUT2D eigenvalue weighted by molar-refractivity contribution is -0.109. The van der Waals surface area contributed by atoms with Gasteiger partial charge in [0, 0.05) is 22.0 Å². The number of carbonyl (C=O) groups is 1. The minimum atomic E-state index is 0.242. The van der Waals surface area contributed by atoms with E-state index in [1.54, 1.807) is 6.07 Å². The van der Waals surface area contributed by atoms with Gasteiger partial charge in [-0.25, -0.2) is 0 Å². The Labute approximate surface area is 92.2 Å². The molecule has 1 fully saturated rings. The van der Waals surface area contributed by atoms with Crippen molar-refractivity contribution in [3.05, 3.63) is 33.8 Å². The summed E-state index contributed by atoms with van der Waals surface area (Å²) in [5, 5.41) is 4.05. The van der Waals surface area contributed by atoms with Crippen molar-refractivity contribution in [2.45, 2.75) is 18.4 Å². The van der Waals surface area contributed by atoms with Crippen molar-refractivity contribution in [2.75, 3.05) is 0 Å². The number of hydrogen-bond donors (Lipinski definition) is 1. The average molecular weight is 230 g/mol. The van der Waals surface area contributed by atoms with Gasteiger partial charge in [-0.2, -0.15) is 0 Å². The Kier molecular flexibility index (Phi) is 2.66. The number of hydrogen-bond acceptors (Lipinski definition) is 1. The average Bonchev–Trinajstić information content (AvgIpc) is 2.84. The molecule has 1 aromatic carbocycles. The van der Waals surface area contributed by atoms with Crippen LogP contribution in [-0.2, 0) is 4.79 Å². The summed E-state index contributed by atoms with van der Waals surface area (Å²) in [5.41, 5.74) is 1.07. The number of nitrogens with one attached hydrogen (secondary N) is 1. The first-order valence-electron chi connectivity index (χ1n) is 4.37. The Hall–Kier alpha value is -0.730. The van der Waals surface area contributed by atoms with Crippen LogP contribution in [0.2, 0.25) is 10.0 Å². The molecule has 1 amide bonds. The second-order valence-corrected chi connectivity index (χ2v) is 4.24. The highest BCUT2D eigenvalue weighted by atomic mass is 35.5. The molecule has 4 heteroatoms. The molecular formula is C10H9Cl2NO. The zero-order chi connectivity index (χ0) is 10.1. The Bertz CT molecular complexity index is 367. The van der Waals surface area contributed by atoms with Gasteiger partial charge in [-0.3, -0.25) is 4.79 Å². The molecule has 14 heavy (non-hydrogen) atoms. The largest absolute Gasteiger partial charge is 0.355 e. The lowest BCUT2D eigenvalue weighted by Crippen LogP contribution is -2.14. The van der Waals surface area contributed by atoms with Crippen molar-refractivity contribution in [2.24, 2.45) is 0 Å². The Morgan fingerprint density at radius 2 is 2.21 bits per heavy atom. The van der Waals surface area contributed by atoms with Crippen LogP contribution < -0.4 is 5.32 Å². The molecule has 1 aliphatic carbocycles. The normalized spacial score (nSPS) is 24.4. The van der Waals surface area contributed by atoms with E-state index in [2.05, 4.69) is 5.32 Å². The van der Waals surface area contributed by atoms with E-state index in [0.717, 1.165) is 18.4 Å². The molecule has 1 aliphatic rings. The summed E-state index contributed by atoms with van der Waals surface area (Å²) in [4.78, 5) is 10.2. The first-order chi connectivity index (χ1) is 6.72. The number of carbonyl (C=O) groups excluding carboxylic acids is 1. The highest BCUT2D eigenvalue weighted by Gasteiger charge is 2.39. The maximum absolute atomic E-state index is 10.2. The summed E-state index contributed by atoms with van der Waals surface area (Å²) in [6, 6.07) is 5.71. The van der Waals surface area contributed by atoms with Crippen LogP contribution in [0.1, 0.15) is 17.9 Å². The van der Waals surface area contributed by atoms with Crippen LogP contribution in [0, 0.1) is 0 Å².